The number of para-hydroxylation sites is 1. The molecule has 0 saturated carbocycles. The van der Waals surface area contributed by atoms with Gasteiger partial charge in [-0.25, -0.2) is 0 Å². The van der Waals surface area contributed by atoms with Gasteiger partial charge in [-0.05, 0) is 107 Å². The first-order valence-corrected chi connectivity index (χ1v) is 22.8. The van der Waals surface area contributed by atoms with E-state index in [2.05, 4.69) is 255 Å². The van der Waals surface area contributed by atoms with Crippen LogP contribution in [0.4, 0.5) is 11.4 Å². The molecule has 3 aliphatic rings. The Morgan fingerprint density at radius 1 is 0.227 bits per heavy atom. The predicted molar refractivity (Wildman–Crippen MR) is 273 cm³/mol. The molecule has 0 bridgehead atoms. The van der Waals surface area contributed by atoms with Gasteiger partial charge in [0.1, 0.15) is 0 Å². The quantitative estimate of drug-likeness (QED) is 0.153. The van der Waals surface area contributed by atoms with Crippen molar-refractivity contribution in [3.8, 4) is 44.5 Å². The molecule has 2 nitrogen and oxygen atoms in total. The Balaban J connectivity index is 1.04. The van der Waals surface area contributed by atoms with Crippen LogP contribution in [0.15, 0.2) is 265 Å². The number of benzene rings is 10. The lowest BCUT2D eigenvalue weighted by Crippen LogP contribution is -2.37. The van der Waals surface area contributed by atoms with Crippen LogP contribution >= 0.6 is 0 Å². The first-order valence-electron chi connectivity index (χ1n) is 22.8. The highest BCUT2D eigenvalue weighted by Gasteiger charge is 2.54. The molecule has 2 atom stereocenters. The Morgan fingerprint density at radius 3 is 1.26 bits per heavy atom. The Hall–Kier alpha value is -8.46. The van der Waals surface area contributed by atoms with Gasteiger partial charge in [0.15, 0.2) is 0 Å². The number of nitrogens with zero attached hydrogens (tertiary/aromatic N) is 2. The van der Waals surface area contributed by atoms with Crippen LogP contribution in [0.5, 0.6) is 0 Å². The average molecular weight is 839 g/mol. The van der Waals surface area contributed by atoms with Crippen molar-refractivity contribution in [2.24, 2.45) is 9.98 Å². The number of rotatable bonds is 7. The van der Waals surface area contributed by atoms with E-state index in [1.54, 1.807) is 0 Å². The van der Waals surface area contributed by atoms with Crippen LogP contribution in [0.1, 0.15) is 44.5 Å². The van der Waals surface area contributed by atoms with Crippen LogP contribution in [-0.2, 0) is 10.8 Å². The van der Waals surface area contributed by atoms with E-state index in [1.807, 2.05) is 0 Å². The van der Waals surface area contributed by atoms with E-state index in [4.69, 9.17) is 9.98 Å². The fraction of sp³-hybridized carbons (Fsp3) is 0.0312. The SMILES string of the molecule is c1ccc(C2=Nc3ccccc3C2(c2ccc(-c3ccc(-c4ccccc4)cc3)cc2)c2ccc3c(c2)N=C(c2ccccc2)C32c3ccccc3-c3ccc(-c4ccccc4)cc32)cc1. The molecule has 2 heterocycles. The Kier molecular flexibility index (Phi) is 8.69. The molecule has 0 saturated heterocycles. The summed E-state index contributed by atoms with van der Waals surface area (Å²) in [7, 11) is 0. The number of aliphatic imine (C=N–C) groups is 2. The van der Waals surface area contributed by atoms with E-state index in [9.17, 15) is 0 Å². The number of hydrogen-bond donors (Lipinski definition) is 0. The van der Waals surface area contributed by atoms with Crippen molar-refractivity contribution in [3.05, 3.63) is 299 Å². The first kappa shape index (κ1) is 38.0. The van der Waals surface area contributed by atoms with Crippen molar-refractivity contribution in [1.29, 1.82) is 0 Å². The summed E-state index contributed by atoms with van der Waals surface area (Å²) in [6.07, 6.45) is 0. The van der Waals surface area contributed by atoms with Crippen LogP contribution in [0.25, 0.3) is 44.5 Å². The van der Waals surface area contributed by atoms with Crippen LogP contribution in [0.2, 0.25) is 0 Å². The minimum atomic E-state index is -0.743. The van der Waals surface area contributed by atoms with E-state index in [0.717, 1.165) is 50.6 Å². The largest absolute Gasteiger partial charge is 0.251 e. The molecule has 13 rings (SSSR count). The Morgan fingerprint density at radius 2 is 0.636 bits per heavy atom. The molecule has 0 aromatic heterocycles. The summed E-state index contributed by atoms with van der Waals surface area (Å²) in [5.74, 6) is 0. The lowest BCUT2D eigenvalue weighted by atomic mass is 9.64. The van der Waals surface area contributed by atoms with E-state index >= 15 is 0 Å². The molecule has 308 valence electrons. The van der Waals surface area contributed by atoms with Gasteiger partial charge < -0.3 is 0 Å². The zero-order valence-electron chi connectivity index (χ0n) is 36.1. The maximum absolute atomic E-state index is 5.83. The minimum absolute atomic E-state index is 0.638. The van der Waals surface area contributed by atoms with Gasteiger partial charge in [-0.3, -0.25) is 9.98 Å². The smallest absolute Gasteiger partial charge is 0.0913 e. The van der Waals surface area contributed by atoms with Crippen LogP contribution < -0.4 is 0 Å². The molecule has 0 amide bonds. The maximum Gasteiger partial charge on any atom is 0.0913 e. The standard InChI is InChI=1S/C64H42N2/c1-5-17-43(18-6-1)45-29-31-46(32-30-45)47-33-36-51(37-34-47)63(56-27-15-16-28-59(56)65-61(63)48-21-9-3-10-22-48)52-38-40-57-60(42-52)66-62(49-23-11-4-12-24-49)64(57)55-26-14-13-25-53(55)54-39-35-50(41-58(54)64)44-19-7-2-8-20-44/h1-42H. The summed E-state index contributed by atoms with van der Waals surface area (Å²) in [6, 6.07) is 92.8. The zero-order chi connectivity index (χ0) is 43.7. The first-order chi connectivity index (χ1) is 32.7. The van der Waals surface area contributed by atoms with Gasteiger partial charge in [-0.1, -0.05) is 237 Å². The fourth-order valence-corrected chi connectivity index (χ4v) is 11.3. The highest BCUT2D eigenvalue weighted by Crippen LogP contribution is 2.61. The minimum Gasteiger partial charge on any atom is -0.251 e. The van der Waals surface area contributed by atoms with E-state index in [0.29, 0.717) is 0 Å². The van der Waals surface area contributed by atoms with E-state index in [-0.39, 0.29) is 0 Å². The highest BCUT2D eigenvalue weighted by atomic mass is 14.9. The van der Waals surface area contributed by atoms with Crippen molar-refractivity contribution in [1.82, 2.24) is 0 Å². The molecule has 2 aliphatic heterocycles. The van der Waals surface area contributed by atoms with Gasteiger partial charge in [-0.2, -0.15) is 0 Å². The normalized spacial score (nSPS) is 17.4. The third kappa shape index (κ3) is 5.61. The Bertz CT molecular complexity index is 3540. The summed E-state index contributed by atoms with van der Waals surface area (Å²) in [6.45, 7) is 0. The van der Waals surface area contributed by atoms with Gasteiger partial charge >= 0.3 is 0 Å². The lowest BCUT2D eigenvalue weighted by Gasteiger charge is -2.35. The van der Waals surface area contributed by atoms with E-state index in [1.165, 1.54) is 61.2 Å². The van der Waals surface area contributed by atoms with Crippen molar-refractivity contribution in [2.45, 2.75) is 10.8 Å². The molecule has 1 spiro atoms. The second-order valence-corrected chi connectivity index (χ2v) is 17.6. The molecule has 2 heteroatoms. The molecule has 0 N–H and O–H groups in total. The summed E-state index contributed by atoms with van der Waals surface area (Å²) in [5, 5.41) is 0. The van der Waals surface area contributed by atoms with E-state index < -0.39 is 10.8 Å². The van der Waals surface area contributed by atoms with Crippen molar-refractivity contribution < 1.29 is 0 Å². The molecule has 66 heavy (non-hydrogen) atoms. The average Bonchev–Trinajstić information content (AvgIpc) is 4.04. The van der Waals surface area contributed by atoms with Gasteiger partial charge in [0.25, 0.3) is 0 Å². The third-order valence-corrected chi connectivity index (χ3v) is 14.2. The van der Waals surface area contributed by atoms with Gasteiger partial charge in [0.2, 0.25) is 0 Å². The zero-order valence-corrected chi connectivity index (χ0v) is 36.1. The van der Waals surface area contributed by atoms with Crippen molar-refractivity contribution >= 4 is 22.8 Å². The van der Waals surface area contributed by atoms with Gasteiger partial charge in [-0.15, -0.1) is 0 Å². The van der Waals surface area contributed by atoms with Crippen molar-refractivity contribution in [3.63, 3.8) is 0 Å². The van der Waals surface area contributed by atoms with Crippen LogP contribution in [0.3, 0.4) is 0 Å². The molecule has 2 unspecified atom stereocenters. The molecule has 0 radical (unpaired) electrons. The monoisotopic (exact) mass is 838 g/mol. The predicted octanol–water partition coefficient (Wildman–Crippen LogP) is 15.6. The maximum atomic E-state index is 5.83. The fourth-order valence-electron chi connectivity index (χ4n) is 11.3. The molecule has 0 fully saturated rings. The molecular formula is C64H42N2. The second kappa shape index (κ2) is 15.1. The molecular weight excluding hydrogens is 797 g/mol. The van der Waals surface area contributed by atoms with Crippen LogP contribution in [0, 0.1) is 0 Å². The topological polar surface area (TPSA) is 24.7 Å². The summed E-state index contributed by atoms with van der Waals surface area (Å²) in [5.41, 5.74) is 21.7. The van der Waals surface area contributed by atoms with Gasteiger partial charge in [0, 0.05) is 0 Å². The summed E-state index contributed by atoms with van der Waals surface area (Å²) >= 11 is 0. The molecule has 1 aliphatic carbocycles. The lowest BCUT2D eigenvalue weighted by molar-refractivity contribution is 0.843. The van der Waals surface area contributed by atoms with Gasteiger partial charge in [0.05, 0.1) is 33.6 Å². The molecule has 10 aromatic rings. The third-order valence-electron chi connectivity index (χ3n) is 14.2. The second-order valence-electron chi connectivity index (χ2n) is 17.6. The number of hydrogen-bond acceptors (Lipinski definition) is 2. The number of fused-ring (bicyclic) bond motifs is 8. The highest BCUT2D eigenvalue weighted by molar-refractivity contribution is 6.21. The van der Waals surface area contributed by atoms with Crippen molar-refractivity contribution in [2.75, 3.05) is 0 Å². The molecule has 10 aromatic carbocycles. The summed E-state index contributed by atoms with van der Waals surface area (Å²) < 4.78 is 0. The van der Waals surface area contributed by atoms with Crippen LogP contribution in [-0.4, -0.2) is 11.4 Å². The summed E-state index contributed by atoms with van der Waals surface area (Å²) in [4.78, 5) is 11.4. The Labute approximate surface area is 385 Å².